The van der Waals surface area contributed by atoms with Crippen LogP contribution in [0.25, 0.3) is 0 Å². The Morgan fingerprint density at radius 1 is 1.03 bits per heavy atom. The molecule has 0 aliphatic heterocycles. The third kappa shape index (κ3) is 5.87. The summed E-state index contributed by atoms with van der Waals surface area (Å²) >= 11 is 12.3. The summed E-state index contributed by atoms with van der Waals surface area (Å²) in [4.78, 5) is 24.9. The predicted octanol–water partition coefficient (Wildman–Crippen LogP) is 5.41. The number of halogens is 2. The van der Waals surface area contributed by atoms with Gasteiger partial charge in [0.1, 0.15) is 0 Å². The van der Waals surface area contributed by atoms with Crippen molar-refractivity contribution in [3.8, 4) is 0 Å². The molecule has 0 radical (unpaired) electrons. The average molecular weight is 434 g/mol. The van der Waals surface area contributed by atoms with E-state index in [1.807, 2.05) is 6.92 Å². The smallest absolute Gasteiger partial charge is 0.253 e. The molecule has 5 nitrogen and oxygen atoms in total. The lowest BCUT2D eigenvalue weighted by Gasteiger charge is -2.23. The van der Waals surface area contributed by atoms with E-state index < -0.39 is 0 Å². The molecule has 2 amide bonds. The molecule has 1 aliphatic rings. The van der Waals surface area contributed by atoms with E-state index in [4.69, 9.17) is 23.2 Å². The molecule has 2 aromatic carbocycles. The van der Waals surface area contributed by atoms with Gasteiger partial charge in [-0.05, 0) is 55.7 Å². The molecule has 0 atom stereocenters. The van der Waals surface area contributed by atoms with Gasteiger partial charge in [0.25, 0.3) is 5.91 Å². The molecule has 0 bridgehead atoms. The lowest BCUT2D eigenvalue weighted by atomic mass is 9.95. The number of hydrogen-bond acceptors (Lipinski definition) is 3. The zero-order valence-electron chi connectivity index (χ0n) is 16.4. The summed E-state index contributed by atoms with van der Waals surface area (Å²) in [5.41, 5.74) is 2.55. The van der Waals surface area contributed by atoms with Crippen LogP contribution in [0.4, 0.5) is 11.4 Å². The first-order valence-electron chi connectivity index (χ1n) is 9.83. The molecule has 1 aliphatic carbocycles. The fourth-order valence-electron chi connectivity index (χ4n) is 3.44. The van der Waals surface area contributed by atoms with Gasteiger partial charge in [0, 0.05) is 22.4 Å². The first-order chi connectivity index (χ1) is 13.9. The summed E-state index contributed by atoms with van der Waals surface area (Å²) in [7, 11) is 0. The zero-order valence-corrected chi connectivity index (χ0v) is 17.9. The molecule has 154 valence electrons. The highest BCUT2D eigenvalue weighted by molar-refractivity contribution is 6.34. The third-order valence-electron chi connectivity index (χ3n) is 5.15. The molecule has 0 saturated heterocycles. The van der Waals surface area contributed by atoms with Gasteiger partial charge in [-0.1, -0.05) is 48.5 Å². The topological polar surface area (TPSA) is 70.2 Å². The van der Waals surface area contributed by atoms with Crippen LogP contribution in [0.5, 0.6) is 0 Å². The minimum atomic E-state index is -0.210. The van der Waals surface area contributed by atoms with Crippen LogP contribution in [0, 0.1) is 6.92 Å². The maximum absolute atomic E-state index is 12.6. The van der Waals surface area contributed by atoms with Gasteiger partial charge in [-0.25, -0.2) is 0 Å². The maximum atomic E-state index is 12.6. The van der Waals surface area contributed by atoms with Crippen LogP contribution in [0.15, 0.2) is 36.4 Å². The molecule has 0 unspecified atom stereocenters. The molecule has 0 aromatic heterocycles. The Morgan fingerprint density at radius 2 is 1.79 bits per heavy atom. The second-order valence-electron chi connectivity index (χ2n) is 7.32. The van der Waals surface area contributed by atoms with Crippen molar-refractivity contribution in [3.05, 3.63) is 57.6 Å². The molecule has 0 heterocycles. The molecule has 2 aromatic rings. The second kappa shape index (κ2) is 9.99. The van der Waals surface area contributed by atoms with E-state index in [0.717, 1.165) is 31.2 Å². The first-order valence-corrected chi connectivity index (χ1v) is 10.6. The number of benzene rings is 2. The summed E-state index contributed by atoms with van der Waals surface area (Å²) in [6.07, 6.45) is 5.51. The first kappa shape index (κ1) is 21.5. The largest absolute Gasteiger partial charge is 0.376 e. The Balaban J connectivity index is 1.59. The molecule has 3 N–H and O–H groups in total. The van der Waals surface area contributed by atoms with E-state index in [2.05, 4.69) is 16.0 Å². The predicted molar refractivity (Wildman–Crippen MR) is 119 cm³/mol. The number of rotatable bonds is 6. The van der Waals surface area contributed by atoms with E-state index >= 15 is 0 Å². The SMILES string of the molecule is Cc1c(Cl)cccc1NC(=O)CNc1ccc(Cl)c(C(=O)NC2CCCCC2)c1. The van der Waals surface area contributed by atoms with Gasteiger partial charge in [0.15, 0.2) is 0 Å². The van der Waals surface area contributed by atoms with E-state index in [1.165, 1.54) is 6.42 Å². The van der Waals surface area contributed by atoms with E-state index in [9.17, 15) is 9.59 Å². The minimum Gasteiger partial charge on any atom is -0.376 e. The van der Waals surface area contributed by atoms with Crippen LogP contribution in [0.1, 0.15) is 48.0 Å². The second-order valence-corrected chi connectivity index (χ2v) is 8.13. The van der Waals surface area contributed by atoms with Crippen molar-refractivity contribution in [2.45, 2.75) is 45.1 Å². The van der Waals surface area contributed by atoms with Gasteiger partial charge >= 0.3 is 0 Å². The van der Waals surface area contributed by atoms with Crippen molar-refractivity contribution >= 4 is 46.4 Å². The third-order valence-corrected chi connectivity index (χ3v) is 5.89. The van der Waals surface area contributed by atoms with Crippen LogP contribution in [-0.4, -0.2) is 24.4 Å². The highest BCUT2D eigenvalue weighted by Crippen LogP contribution is 2.24. The number of carbonyl (C=O) groups excluding carboxylic acids is 2. The van der Waals surface area contributed by atoms with E-state index in [1.54, 1.807) is 36.4 Å². The Kier molecular flexibility index (Phi) is 7.40. The van der Waals surface area contributed by atoms with Crippen molar-refractivity contribution in [1.29, 1.82) is 0 Å². The van der Waals surface area contributed by atoms with Crippen LogP contribution in [-0.2, 0) is 4.79 Å². The number of amides is 2. The molecule has 1 fully saturated rings. The molecule has 7 heteroatoms. The van der Waals surface area contributed by atoms with Crippen molar-refractivity contribution in [2.75, 3.05) is 17.2 Å². The number of carbonyl (C=O) groups is 2. The van der Waals surface area contributed by atoms with Crippen LogP contribution in [0.3, 0.4) is 0 Å². The zero-order chi connectivity index (χ0) is 20.8. The van der Waals surface area contributed by atoms with Crippen molar-refractivity contribution < 1.29 is 9.59 Å². The highest BCUT2D eigenvalue weighted by atomic mass is 35.5. The maximum Gasteiger partial charge on any atom is 0.253 e. The molecule has 3 rings (SSSR count). The summed E-state index contributed by atoms with van der Waals surface area (Å²) < 4.78 is 0. The van der Waals surface area contributed by atoms with Crippen molar-refractivity contribution in [2.24, 2.45) is 0 Å². The van der Waals surface area contributed by atoms with Gasteiger partial charge in [-0.3, -0.25) is 9.59 Å². The quantitative estimate of drug-likeness (QED) is 0.569. The summed E-state index contributed by atoms with van der Waals surface area (Å²) in [6.45, 7) is 1.90. The molecule has 29 heavy (non-hydrogen) atoms. The minimum absolute atomic E-state index is 0.0528. The van der Waals surface area contributed by atoms with Crippen LogP contribution in [0.2, 0.25) is 10.0 Å². The Hall–Kier alpha value is -2.24. The summed E-state index contributed by atoms with van der Waals surface area (Å²) in [6, 6.07) is 10.7. The van der Waals surface area contributed by atoms with Crippen molar-refractivity contribution in [1.82, 2.24) is 5.32 Å². The monoisotopic (exact) mass is 433 g/mol. The standard InChI is InChI=1S/C22H25Cl2N3O2/c1-14-18(23)8-5-9-20(14)27-21(28)13-25-16-10-11-19(24)17(12-16)22(29)26-15-6-3-2-4-7-15/h5,8-12,15,25H,2-4,6-7,13H2,1H3,(H,26,29)(H,27,28). The fourth-order valence-corrected chi connectivity index (χ4v) is 3.82. The van der Waals surface area contributed by atoms with Gasteiger partial charge in [-0.15, -0.1) is 0 Å². The summed E-state index contributed by atoms with van der Waals surface area (Å²) in [5, 5.41) is 9.93. The molecular formula is C22H25Cl2N3O2. The average Bonchev–Trinajstić information content (AvgIpc) is 2.71. The Bertz CT molecular complexity index is 896. The number of anilines is 2. The van der Waals surface area contributed by atoms with Crippen LogP contribution >= 0.6 is 23.2 Å². The molecular weight excluding hydrogens is 409 g/mol. The van der Waals surface area contributed by atoms with E-state index in [-0.39, 0.29) is 24.4 Å². The van der Waals surface area contributed by atoms with Crippen molar-refractivity contribution in [3.63, 3.8) is 0 Å². The van der Waals surface area contributed by atoms with Gasteiger partial charge in [0.2, 0.25) is 5.91 Å². The molecule has 0 spiro atoms. The highest BCUT2D eigenvalue weighted by Gasteiger charge is 2.18. The normalized spacial score (nSPS) is 14.3. The number of nitrogens with one attached hydrogen (secondary N) is 3. The lowest BCUT2D eigenvalue weighted by molar-refractivity contribution is -0.114. The van der Waals surface area contributed by atoms with Gasteiger partial charge in [-0.2, -0.15) is 0 Å². The lowest BCUT2D eigenvalue weighted by Crippen LogP contribution is -2.36. The van der Waals surface area contributed by atoms with Gasteiger partial charge in [0.05, 0.1) is 17.1 Å². The van der Waals surface area contributed by atoms with E-state index in [0.29, 0.717) is 27.0 Å². The fraction of sp³-hybridized carbons (Fsp3) is 0.364. The molecule has 1 saturated carbocycles. The van der Waals surface area contributed by atoms with Gasteiger partial charge < -0.3 is 16.0 Å². The number of hydrogen-bond donors (Lipinski definition) is 3. The summed E-state index contributed by atoms with van der Waals surface area (Å²) in [5.74, 6) is -0.386. The Labute approximate surface area is 181 Å². The Morgan fingerprint density at radius 3 is 2.55 bits per heavy atom. The van der Waals surface area contributed by atoms with Crippen LogP contribution < -0.4 is 16.0 Å².